The molecule has 1 rings (SSSR count). The van der Waals surface area contributed by atoms with E-state index in [2.05, 4.69) is 15.3 Å². The van der Waals surface area contributed by atoms with E-state index < -0.39 is 17.6 Å². The molecule has 0 radical (unpaired) electrons. The summed E-state index contributed by atoms with van der Waals surface area (Å²) >= 11 is 0. The lowest BCUT2D eigenvalue weighted by Gasteiger charge is -2.27. The Kier molecular flexibility index (Phi) is 5.31. The Balaban J connectivity index is 2.88. The Morgan fingerprint density at radius 1 is 1.29 bits per heavy atom. The van der Waals surface area contributed by atoms with Crippen molar-refractivity contribution in [2.24, 2.45) is 5.84 Å². The van der Waals surface area contributed by atoms with Gasteiger partial charge in [-0.3, -0.25) is 0 Å². The van der Waals surface area contributed by atoms with Gasteiger partial charge in [0.25, 0.3) is 0 Å². The lowest BCUT2D eigenvalue weighted by atomic mass is 10.1. The Labute approximate surface area is 120 Å². The predicted molar refractivity (Wildman–Crippen MR) is 72.5 cm³/mol. The van der Waals surface area contributed by atoms with Gasteiger partial charge in [-0.2, -0.15) is 13.2 Å². The highest BCUT2D eigenvalue weighted by molar-refractivity contribution is 5.47. The van der Waals surface area contributed by atoms with Crippen molar-refractivity contribution < 1.29 is 18.3 Å². The van der Waals surface area contributed by atoms with Crippen molar-refractivity contribution in [2.75, 3.05) is 37.9 Å². The average Bonchev–Trinajstić information content (AvgIpc) is 2.33. The Hall–Kier alpha value is -1.65. The number of hydrogen-bond donors (Lipinski definition) is 4. The summed E-state index contributed by atoms with van der Waals surface area (Å²) in [7, 11) is 3.55. The number of rotatable bonds is 6. The van der Waals surface area contributed by atoms with Gasteiger partial charge in [-0.25, -0.2) is 15.8 Å². The Morgan fingerprint density at radius 3 is 2.33 bits per heavy atom. The number of aliphatic hydroxyl groups is 1. The molecule has 0 aliphatic carbocycles. The van der Waals surface area contributed by atoms with Gasteiger partial charge in [0, 0.05) is 19.2 Å². The quantitative estimate of drug-likeness (QED) is 0.449. The number of likely N-dealkylation sites (N-methyl/N-ethyl adjacent to an activating group) is 1. The highest BCUT2D eigenvalue weighted by Gasteiger charge is 2.35. The Bertz CT molecular complexity index is 478. The van der Waals surface area contributed by atoms with Crippen LogP contribution in [0.25, 0.3) is 0 Å². The molecule has 0 fully saturated rings. The summed E-state index contributed by atoms with van der Waals surface area (Å²) in [5.74, 6) is 3.52. The van der Waals surface area contributed by atoms with E-state index in [4.69, 9.17) is 5.84 Å². The minimum atomic E-state index is -4.69. The molecule has 7 nitrogen and oxygen atoms in total. The smallest absolute Gasteiger partial charge is 0.387 e. The van der Waals surface area contributed by atoms with Crippen LogP contribution in [-0.4, -0.2) is 52.8 Å². The van der Waals surface area contributed by atoms with Crippen LogP contribution < -0.4 is 16.6 Å². The summed E-state index contributed by atoms with van der Waals surface area (Å²) in [5.41, 5.74) is 0.912. The van der Waals surface area contributed by atoms with Crippen molar-refractivity contribution >= 4 is 11.6 Å². The topological polar surface area (TPSA) is 99.3 Å². The number of nitrogen functional groups attached to an aromatic ring is 1. The van der Waals surface area contributed by atoms with E-state index in [0.29, 0.717) is 6.54 Å². The number of anilines is 2. The zero-order valence-corrected chi connectivity index (χ0v) is 12.0. The largest absolute Gasteiger partial charge is 0.451 e. The molecule has 120 valence electrons. The van der Waals surface area contributed by atoms with Crippen LogP contribution in [0.3, 0.4) is 0 Å². The molecule has 10 heteroatoms. The standard InChI is InChI=1S/C11H19F3N6O/c1-10(21,6-20(2)3)5-16-7-4-8(19-15)18-9(17-7)11(12,13)14/h4,21H,5-6,15H2,1-3H3,(H2,16,17,18,19). The molecule has 1 heterocycles. The SMILES string of the molecule is CN(C)CC(C)(O)CNc1cc(NN)nc(C(F)(F)F)n1. The first kappa shape index (κ1) is 17.4. The average molecular weight is 308 g/mol. The molecule has 5 N–H and O–H groups in total. The van der Waals surface area contributed by atoms with Gasteiger partial charge >= 0.3 is 6.18 Å². The van der Waals surface area contributed by atoms with Crippen LogP contribution in [0.4, 0.5) is 24.8 Å². The predicted octanol–water partition coefficient (Wildman–Crippen LogP) is 0.505. The monoisotopic (exact) mass is 308 g/mol. The van der Waals surface area contributed by atoms with Gasteiger partial charge in [-0.05, 0) is 21.0 Å². The maximum Gasteiger partial charge on any atom is 0.451 e. The number of alkyl halides is 3. The van der Waals surface area contributed by atoms with Crippen LogP contribution in [0, 0.1) is 0 Å². The number of aromatic nitrogens is 2. The lowest BCUT2D eigenvalue weighted by Crippen LogP contribution is -2.43. The van der Waals surface area contributed by atoms with Gasteiger partial charge in [0.15, 0.2) is 0 Å². The maximum absolute atomic E-state index is 12.7. The maximum atomic E-state index is 12.7. The van der Waals surface area contributed by atoms with E-state index in [1.165, 1.54) is 6.07 Å². The second-order valence-corrected chi connectivity index (χ2v) is 5.19. The van der Waals surface area contributed by atoms with Crippen LogP contribution in [0.1, 0.15) is 12.7 Å². The molecule has 21 heavy (non-hydrogen) atoms. The molecule has 1 atom stereocenters. The fourth-order valence-electron chi connectivity index (χ4n) is 1.76. The van der Waals surface area contributed by atoms with Crippen molar-refractivity contribution in [3.8, 4) is 0 Å². The summed E-state index contributed by atoms with van der Waals surface area (Å²) in [5, 5.41) is 12.7. The molecule has 0 amide bonds. The van der Waals surface area contributed by atoms with Crippen molar-refractivity contribution in [3.63, 3.8) is 0 Å². The molecule has 1 aromatic rings. The first-order valence-corrected chi connectivity index (χ1v) is 6.07. The molecule has 0 aliphatic rings. The van der Waals surface area contributed by atoms with E-state index in [-0.39, 0.29) is 18.2 Å². The molecule has 0 bridgehead atoms. The number of hydrazine groups is 1. The van der Waals surface area contributed by atoms with Gasteiger partial charge in [0.05, 0.1) is 5.60 Å². The first-order chi connectivity index (χ1) is 9.53. The van der Waals surface area contributed by atoms with E-state index in [1.807, 2.05) is 5.43 Å². The fourth-order valence-corrected chi connectivity index (χ4v) is 1.76. The third-order valence-corrected chi connectivity index (χ3v) is 2.43. The van der Waals surface area contributed by atoms with Gasteiger partial charge < -0.3 is 20.7 Å². The molecule has 0 spiro atoms. The normalized spacial score (nSPS) is 14.9. The van der Waals surface area contributed by atoms with Crippen molar-refractivity contribution in [1.29, 1.82) is 0 Å². The number of hydrogen-bond acceptors (Lipinski definition) is 7. The van der Waals surface area contributed by atoms with Crippen LogP contribution in [0.2, 0.25) is 0 Å². The highest BCUT2D eigenvalue weighted by atomic mass is 19.4. The van der Waals surface area contributed by atoms with Crippen molar-refractivity contribution in [2.45, 2.75) is 18.7 Å². The summed E-state index contributed by atoms with van der Waals surface area (Å²) in [6, 6.07) is 1.22. The van der Waals surface area contributed by atoms with Gasteiger partial charge in [0.1, 0.15) is 11.6 Å². The number of halogens is 3. The Morgan fingerprint density at radius 2 is 1.86 bits per heavy atom. The summed E-state index contributed by atoms with van der Waals surface area (Å²) in [6.07, 6.45) is -4.69. The molecule has 0 aromatic carbocycles. The second kappa shape index (κ2) is 6.41. The fraction of sp³-hybridized carbons (Fsp3) is 0.636. The van der Waals surface area contributed by atoms with E-state index >= 15 is 0 Å². The molecule has 1 aromatic heterocycles. The lowest BCUT2D eigenvalue weighted by molar-refractivity contribution is -0.144. The minimum absolute atomic E-state index is 0.0174. The molecule has 0 saturated heterocycles. The minimum Gasteiger partial charge on any atom is -0.387 e. The van der Waals surface area contributed by atoms with E-state index in [9.17, 15) is 18.3 Å². The first-order valence-electron chi connectivity index (χ1n) is 6.07. The number of nitrogens with zero attached hydrogens (tertiary/aromatic N) is 3. The third kappa shape index (κ3) is 5.69. The molecule has 0 aliphatic heterocycles. The summed E-state index contributed by atoms with van der Waals surface area (Å²) < 4.78 is 38.0. The van der Waals surface area contributed by atoms with Gasteiger partial charge in [-0.15, -0.1) is 0 Å². The van der Waals surface area contributed by atoms with Crippen LogP contribution in [0.5, 0.6) is 0 Å². The van der Waals surface area contributed by atoms with Crippen LogP contribution in [0.15, 0.2) is 6.07 Å². The van der Waals surface area contributed by atoms with Gasteiger partial charge in [-0.1, -0.05) is 0 Å². The number of nitrogens with one attached hydrogen (secondary N) is 2. The van der Waals surface area contributed by atoms with E-state index in [1.54, 1.807) is 25.9 Å². The van der Waals surface area contributed by atoms with Crippen LogP contribution >= 0.6 is 0 Å². The third-order valence-electron chi connectivity index (χ3n) is 2.43. The summed E-state index contributed by atoms with van der Waals surface area (Å²) in [6.45, 7) is 1.91. The van der Waals surface area contributed by atoms with Crippen LogP contribution in [-0.2, 0) is 6.18 Å². The summed E-state index contributed by atoms with van der Waals surface area (Å²) in [4.78, 5) is 8.36. The highest BCUT2D eigenvalue weighted by Crippen LogP contribution is 2.28. The van der Waals surface area contributed by atoms with Crippen molar-refractivity contribution in [3.05, 3.63) is 11.9 Å². The van der Waals surface area contributed by atoms with Gasteiger partial charge in [0.2, 0.25) is 5.82 Å². The molecule has 0 saturated carbocycles. The van der Waals surface area contributed by atoms with E-state index in [0.717, 1.165) is 0 Å². The molecular weight excluding hydrogens is 289 g/mol. The molecule has 1 unspecified atom stereocenters. The molecular formula is C11H19F3N6O. The second-order valence-electron chi connectivity index (χ2n) is 5.19. The number of nitrogens with two attached hydrogens (primary N) is 1. The zero-order valence-electron chi connectivity index (χ0n) is 12.0. The van der Waals surface area contributed by atoms with Crippen molar-refractivity contribution in [1.82, 2.24) is 14.9 Å². The zero-order chi connectivity index (χ0) is 16.3.